The van der Waals surface area contributed by atoms with Gasteiger partial charge in [0.1, 0.15) is 0 Å². The molecule has 5 rings (SSSR count). The topological polar surface area (TPSA) is 42.0 Å². The van der Waals surface area contributed by atoms with Crippen LogP contribution in [-0.2, 0) is 0 Å². The zero-order chi connectivity index (χ0) is 20.5. The highest BCUT2D eigenvalue weighted by Gasteiger charge is 2.14. The van der Waals surface area contributed by atoms with Gasteiger partial charge in [0.15, 0.2) is 0 Å². The normalized spacial score (nSPS) is 11.0. The van der Waals surface area contributed by atoms with Crippen LogP contribution in [0.25, 0.3) is 32.9 Å². The Morgan fingerprint density at radius 1 is 0.767 bits per heavy atom. The number of anilines is 1. The second-order valence-corrected chi connectivity index (χ2v) is 7.53. The highest BCUT2D eigenvalue weighted by atomic mass is 35.5. The molecule has 0 fully saturated rings. The number of para-hydroxylation sites is 1. The first-order valence-electron chi connectivity index (χ1n) is 9.63. The number of hydrogen-bond donors (Lipinski definition) is 1. The Labute approximate surface area is 179 Å². The summed E-state index contributed by atoms with van der Waals surface area (Å²) >= 11 is 6.02. The molecule has 0 unspecified atom stereocenters. The highest BCUT2D eigenvalue weighted by molar-refractivity contribution is 6.30. The van der Waals surface area contributed by atoms with Gasteiger partial charge in [-0.1, -0.05) is 72.3 Å². The number of hydrogen-bond acceptors (Lipinski definition) is 2. The molecule has 0 atom stereocenters. The lowest BCUT2D eigenvalue weighted by molar-refractivity contribution is 0.102. The molecule has 0 bridgehead atoms. The van der Waals surface area contributed by atoms with E-state index in [1.807, 2.05) is 91.0 Å². The Bertz CT molecular complexity index is 1390. The van der Waals surface area contributed by atoms with E-state index in [0.717, 1.165) is 38.6 Å². The van der Waals surface area contributed by atoms with Crippen LogP contribution in [0.2, 0.25) is 5.02 Å². The van der Waals surface area contributed by atoms with E-state index in [1.165, 1.54) is 0 Å². The summed E-state index contributed by atoms with van der Waals surface area (Å²) in [5.41, 5.74) is 3.75. The maximum atomic E-state index is 13.2. The second-order valence-electron chi connectivity index (χ2n) is 7.10. The van der Waals surface area contributed by atoms with E-state index in [4.69, 9.17) is 16.6 Å². The number of carbonyl (C=O) groups is 1. The van der Waals surface area contributed by atoms with Crippen molar-refractivity contribution in [1.29, 1.82) is 0 Å². The van der Waals surface area contributed by atoms with Crippen LogP contribution in [0.4, 0.5) is 5.69 Å². The Kier molecular flexibility index (Phi) is 4.66. The van der Waals surface area contributed by atoms with Crippen molar-refractivity contribution in [2.75, 3.05) is 5.32 Å². The van der Waals surface area contributed by atoms with Crippen LogP contribution in [0.3, 0.4) is 0 Å². The molecular weight excluding hydrogens is 392 g/mol. The maximum absolute atomic E-state index is 13.2. The molecule has 1 amide bonds. The molecule has 0 aliphatic carbocycles. The van der Waals surface area contributed by atoms with Gasteiger partial charge in [0.05, 0.1) is 16.8 Å². The van der Waals surface area contributed by atoms with Crippen molar-refractivity contribution in [3.8, 4) is 11.3 Å². The Morgan fingerprint density at radius 3 is 2.33 bits per heavy atom. The summed E-state index contributed by atoms with van der Waals surface area (Å²) in [6.45, 7) is 0. The molecule has 0 radical (unpaired) electrons. The standard InChI is InChI=1S/C26H17ClN2O/c27-20-12-9-18(10-13-20)25-16-23(22-7-3-4-8-24(22)29-25)26(30)28-21-14-11-17-5-1-2-6-19(17)15-21/h1-16H,(H,28,30). The molecule has 1 N–H and O–H groups in total. The minimum absolute atomic E-state index is 0.168. The number of fused-ring (bicyclic) bond motifs is 2. The van der Waals surface area contributed by atoms with E-state index in [2.05, 4.69) is 11.4 Å². The number of aromatic nitrogens is 1. The van der Waals surface area contributed by atoms with Gasteiger partial charge in [-0.2, -0.15) is 0 Å². The van der Waals surface area contributed by atoms with Gasteiger partial charge in [-0.25, -0.2) is 4.98 Å². The summed E-state index contributed by atoms with van der Waals surface area (Å²) in [5.74, 6) is -0.168. The number of benzene rings is 4. The molecule has 1 aromatic heterocycles. The predicted octanol–water partition coefficient (Wildman–Crippen LogP) is 6.96. The third-order valence-corrected chi connectivity index (χ3v) is 5.36. The van der Waals surface area contributed by atoms with Crippen LogP contribution < -0.4 is 5.32 Å². The molecule has 3 nitrogen and oxygen atoms in total. The second kappa shape index (κ2) is 7.62. The Morgan fingerprint density at radius 2 is 1.50 bits per heavy atom. The van der Waals surface area contributed by atoms with Crippen LogP contribution >= 0.6 is 11.6 Å². The lowest BCUT2D eigenvalue weighted by Crippen LogP contribution is -2.13. The summed E-state index contributed by atoms with van der Waals surface area (Å²) < 4.78 is 0. The summed E-state index contributed by atoms with van der Waals surface area (Å²) in [7, 11) is 0. The number of nitrogens with one attached hydrogen (secondary N) is 1. The van der Waals surface area contributed by atoms with Gasteiger partial charge in [-0.3, -0.25) is 4.79 Å². The van der Waals surface area contributed by atoms with Crippen molar-refractivity contribution in [3.05, 3.63) is 108 Å². The first-order chi connectivity index (χ1) is 14.7. The summed E-state index contributed by atoms with van der Waals surface area (Å²) in [6.07, 6.45) is 0. The number of nitrogens with zero attached hydrogens (tertiary/aromatic N) is 1. The van der Waals surface area contributed by atoms with Crippen molar-refractivity contribution in [2.24, 2.45) is 0 Å². The smallest absolute Gasteiger partial charge is 0.256 e. The molecule has 0 saturated heterocycles. The van der Waals surface area contributed by atoms with E-state index in [9.17, 15) is 4.79 Å². The lowest BCUT2D eigenvalue weighted by atomic mass is 10.0. The van der Waals surface area contributed by atoms with E-state index in [-0.39, 0.29) is 5.91 Å². The lowest BCUT2D eigenvalue weighted by Gasteiger charge is -2.11. The third-order valence-electron chi connectivity index (χ3n) is 5.11. The zero-order valence-electron chi connectivity index (χ0n) is 16.0. The molecule has 0 spiro atoms. The molecule has 0 aliphatic heterocycles. The van der Waals surface area contributed by atoms with Gasteiger partial charge in [0.2, 0.25) is 0 Å². The van der Waals surface area contributed by atoms with Gasteiger partial charge >= 0.3 is 0 Å². The van der Waals surface area contributed by atoms with Crippen molar-refractivity contribution in [1.82, 2.24) is 4.98 Å². The molecule has 4 heteroatoms. The fraction of sp³-hybridized carbons (Fsp3) is 0. The Balaban J connectivity index is 1.57. The monoisotopic (exact) mass is 408 g/mol. The van der Waals surface area contributed by atoms with Gasteiger partial charge in [0, 0.05) is 21.7 Å². The third kappa shape index (κ3) is 3.51. The summed E-state index contributed by atoms with van der Waals surface area (Å²) in [4.78, 5) is 18.0. The summed E-state index contributed by atoms with van der Waals surface area (Å²) in [6, 6.07) is 31.0. The van der Waals surface area contributed by atoms with E-state index < -0.39 is 0 Å². The molecule has 4 aromatic carbocycles. The number of amides is 1. The zero-order valence-corrected chi connectivity index (χ0v) is 16.7. The molecule has 1 heterocycles. The van der Waals surface area contributed by atoms with E-state index in [1.54, 1.807) is 0 Å². The average Bonchev–Trinajstić information content (AvgIpc) is 2.78. The molecule has 144 valence electrons. The van der Waals surface area contributed by atoms with Crippen molar-refractivity contribution in [3.63, 3.8) is 0 Å². The number of carbonyl (C=O) groups excluding carboxylic acids is 1. The fourth-order valence-electron chi connectivity index (χ4n) is 3.60. The molecule has 0 aliphatic rings. The molecular formula is C26H17ClN2O. The molecule has 5 aromatic rings. The minimum atomic E-state index is -0.168. The SMILES string of the molecule is O=C(Nc1ccc2ccccc2c1)c1cc(-c2ccc(Cl)cc2)nc2ccccc12. The maximum Gasteiger partial charge on any atom is 0.256 e. The quantitative estimate of drug-likeness (QED) is 0.350. The van der Waals surface area contributed by atoms with E-state index >= 15 is 0 Å². The highest BCUT2D eigenvalue weighted by Crippen LogP contribution is 2.27. The fourth-order valence-corrected chi connectivity index (χ4v) is 3.72. The van der Waals surface area contributed by atoms with Crippen LogP contribution in [0, 0.1) is 0 Å². The minimum Gasteiger partial charge on any atom is -0.322 e. The first kappa shape index (κ1) is 18.3. The van der Waals surface area contributed by atoms with Crippen LogP contribution in [0.5, 0.6) is 0 Å². The van der Waals surface area contributed by atoms with Crippen LogP contribution in [0.15, 0.2) is 97.1 Å². The van der Waals surface area contributed by atoms with Crippen LogP contribution in [0.1, 0.15) is 10.4 Å². The van der Waals surface area contributed by atoms with Gasteiger partial charge in [-0.15, -0.1) is 0 Å². The summed E-state index contributed by atoms with van der Waals surface area (Å²) in [5, 5.41) is 6.73. The van der Waals surface area contributed by atoms with Crippen LogP contribution in [-0.4, -0.2) is 10.9 Å². The predicted molar refractivity (Wildman–Crippen MR) is 124 cm³/mol. The van der Waals surface area contributed by atoms with Gasteiger partial charge < -0.3 is 5.32 Å². The average molecular weight is 409 g/mol. The first-order valence-corrected chi connectivity index (χ1v) is 10.0. The number of pyridine rings is 1. The molecule has 0 saturated carbocycles. The van der Waals surface area contributed by atoms with E-state index in [0.29, 0.717) is 10.6 Å². The molecule has 30 heavy (non-hydrogen) atoms. The largest absolute Gasteiger partial charge is 0.322 e. The van der Waals surface area contributed by atoms with Crippen molar-refractivity contribution < 1.29 is 4.79 Å². The Hall–Kier alpha value is -3.69. The van der Waals surface area contributed by atoms with Gasteiger partial charge in [0.25, 0.3) is 5.91 Å². The van der Waals surface area contributed by atoms with Gasteiger partial charge in [-0.05, 0) is 47.2 Å². The van der Waals surface area contributed by atoms with Crippen molar-refractivity contribution >= 4 is 44.9 Å². The number of halogens is 1. The van der Waals surface area contributed by atoms with Crippen molar-refractivity contribution in [2.45, 2.75) is 0 Å². The number of rotatable bonds is 3.